The number of nitrogens with one attached hydrogen (secondary N) is 3. The van der Waals surface area contributed by atoms with Crippen LogP contribution in [-0.4, -0.2) is 40.3 Å². The normalized spacial score (nSPS) is 16.6. The minimum absolute atomic E-state index is 0.0836. The third-order valence-corrected chi connectivity index (χ3v) is 4.95. The number of hydrogen-bond donors (Lipinski definition) is 3. The van der Waals surface area contributed by atoms with Gasteiger partial charge in [0.25, 0.3) is 0 Å². The summed E-state index contributed by atoms with van der Waals surface area (Å²) in [4.78, 5) is 18.6. The Morgan fingerprint density at radius 2 is 1.96 bits per heavy atom. The van der Waals surface area contributed by atoms with Crippen LogP contribution in [0, 0.1) is 6.92 Å². The van der Waals surface area contributed by atoms with Crippen LogP contribution in [0.1, 0.15) is 18.4 Å². The summed E-state index contributed by atoms with van der Waals surface area (Å²) >= 11 is 0. The summed E-state index contributed by atoms with van der Waals surface area (Å²) in [7, 11) is 0. The van der Waals surface area contributed by atoms with E-state index in [1.807, 2.05) is 49.4 Å². The molecule has 0 aliphatic carbocycles. The highest BCUT2D eigenvalue weighted by atomic mass is 16.2. The number of H-pyrrole nitrogens is 1. The van der Waals surface area contributed by atoms with E-state index in [0.29, 0.717) is 0 Å². The second kappa shape index (κ2) is 8.12. The van der Waals surface area contributed by atoms with Gasteiger partial charge in [-0.25, -0.2) is 4.79 Å². The number of amides is 2. The first kappa shape index (κ1) is 18.0. The summed E-state index contributed by atoms with van der Waals surface area (Å²) in [6.45, 7) is 3.69. The molecule has 3 heterocycles. The van der Waals surface area contributed by atoms with Crippen LogP contribution in [0.2, 0.25) is 0 Å². The van der Waals surface area contributed by atoms with Crippen LogP contribution in [0.5, 0.6) is 0 Å². The number of aryl methyl sites for hydroxylation is 1. The van der Waals surface area contributed by atoms with Crippen molar-refractivity contribution in [2.75, 3.05) is 23.3 Å². The Labute approximate surface area is 164 Å². The van der Waals surface area contributed by atoms with Gasteiger partial charge in [0.15, 0.2) is 5.82 Å². The van der Waals surface area contributed by atoms with Gasteiger partial charge in [-0.1, -0.05) is 17.7 Å². The molecule has 0 radical (unpaired) electrons. The molecule has 1 aliphatic heterocycles. The summed E-state index contributed by atoms with van der Waals surface area (Å²) in [6.07, 6.45) is 5.50. The van der Waals surface area contributed by atoms with E-state index < -0.39 is 0 Å². The average molecular weight is 376 g/mol. The molecule has 1 saturated heterocycles. The molecule has 7 heteroatoms. The molecule has 1 aliphatic rings. The summed E-state index contributed by atoms with van der Waals surface area (Å²) in [5.74, 6) is 0.900. The molecule has 2 amide bonds. The summed E-state index contributed by atoms with van der Waals surface area (Å²) in [6, 6.07) is 13.6. The first-order chi connectivity index (χ1) is 13.7. The van der Waals surface area contributed by atoms with Gasteiger partial charge in [0, 0.05) is 48.8 Å². The Balaban J connectivity index is 1.36. The van der Waals surface area contributed by atoms with E-state index in [1.54, 1.807) is 12.4 Å². The predicted molar refractivity (Wildman–Crippen MR) is 110 cm³/mol. The molecular formula is C21H24N6O. The fourth-order valence-electron chi connectivity index (χ4n) is 3.45. The molecule has 0 saturated carbocycles. The van der Waals surface area contributed by atoms with Gasteiger partial charge < -0.3 is 15.5 Å². The Morgan fingerprint density at radius 3 is 2.75 bits per heavy atom. The van der Waals surface area contributed by atoms with E-state index in [4.69, 9.17) is 0 Å². The van der Waals surface area contributed by atoms with Gasteiger partial charge in [0.05, 0.1) is 5.69 Å². The number of aromatic amines is 1. The fourth-order valence-corrected chi connectivity index (χ4v) is 3.45. The molecule has 1 atom stereocenters. The minimum Gasteiger partial charge on any atom is -0.353 e. The Kier molecular flexibility index (Phi) is 5.23. The van der Waals surface area contributed by atoms with Crippen LogP contribution in [0.25, 0.3) is 11.3 Å². The highest BCUT2D eigenvalue weighted by molar-refractivity contribution is 5.89. The zero-order valence-electron chi connectivity index (χ0n) is 15.9. The van der Waals surface area contributed by atoms with Crippen molar-refractivity contribution in [3.8, 4) is 11.3 Å². The number of carbonyl (C=O) groups excluding carboxylic acids is 1. The number of urea groups is 1. The number of aromatic nitrogens is 3. The molecule has 1 aromatic carbocycles. The van der Waals surface area contributed by atoms with Gasteiger partial charge in [-0.2, -0.15) is 5.10 Å². The van der Waals surface area contributed by atoms with Crippen LogP contribution in [0.3, 0.4) is 0 Å². The van der Waals surface area contributed by atoms with Crippen molar-refractivity contribution in [1.29, 1.82) is 0 Å². The molecule has 0 spiro atoms. The summed E-state index contributed by atoms with van der Waals surface area (Å²) in [5.41, 5.74) is 3.98. The average Bonchev–Trinajstić information content (AvgIpc) is 3.21. The number of hydrogen-bond acceptors (Lipinski definition) is 4. The minimum atomic E-state index is -0.171. The first-order valence-electron chi connectivity index (χ1n) is 9.52. The highest BCUT2D eigenvalue weighted by Crippen LogP contribution is 2.23. The van der Waals surface area contributed by atoms with E-state index in [-0.39, 0.29) is 12.1 Å². The maximum absolute atomic E-state index is 12.3. The number of nitrogens with zero attached hydrogens (tertiary/aromatic N) is 3. The van der Waals surface area contributed by atoms with E-state index in [1.165, 1.54) is 5.56 Å². The van der Waals surface area contributed by atoms with E-state index >= 15 is 0 Å². The standard InChI is InChI=1S/C21H24N6O/c1-15-4-6-17(7-5-15)23-21(28)24-18-3-2-12-27(14-18)20-13-19(25-26-20)16-8-10-22-11-9-16/h4-11,13,18H,2-3,12,14H2,1H3,(H,25,26)(H2,23,24,28)/t18-/m0/s1. The maximum atomic E-state index is 12.3. The number of anilines is 2. The van der Waals surface area contributed by atoms with Gasteiger partial charge >= 0.3 is 6.03 Å². The largest absolute Gasteiger partial charge is 0.353 e. The molecule has 0 unspecified atom stereocenters. The monoisotopic (exact) mass is 376 g/mol. The molecular weight excluding hydrogens is 352 g/mol. The van der Waals surface area contributed by atoms with E-state index in [9.17, 15) is 4.79 Å². The van der Waals surface area contributed by atoms with E-state index in [2.05, 4.69) is 30.7 Å². The number of pyridine rings is 1. The predicted octanol–water partition coefficient (Wildman–Crippen LogP) is 3.57. The van der Waals surface area contributed by atoms with E-state index in [0.717, 1.165) is 48.7 Å². The smallest absolute Gasteiger partial charge is 0.319 e. The Morgan fingerprint density at radius 1 is 1.18 bits per heavy atom. The second-order valence-corrected chi connectivity index (χ2v) is 7.13. The molecule has 4 rings (SSSR count). The zero-order chi connectivity index (χ0) is 19.3. The summed E-state index contributed by atoms with van der Waals surface area (Å²) < 4.78 is 0. The van der Waals surface area contributed by atoms with Crippen LogP contribution in [0.15, 0.2) is 54.9 Å². The van der Waals surface area contributed by atoms with Gasteiger partial charge in [-0.3, -0.25) is 10.1 Å². The van der Waals surface area contributed by atoms with Gasteiger partial charge in [0.2, 0.25) is 0 Å². The van der Waals surface area contributed by atoms with Crippen LogP contribution in [-0.2, 0) is 0 Å². The van der Waals surface area contributed by atoms with Crippen molar-refractivity contribution in [3.05, 3.63) is 60.4 Å². The van der Waals surface area contributed by atoms with Crippen molar-refractivity contribution in [3.63, 3.8) is 0 Å². The number of piperidine rings is 1. The summed E-state index contributed by atoms with van der Waals surface area (Å²) in [5, 5.41) is 13.5. The van der Waals surface area contributed by atoms with Crippen molar-refractivity contribution in [1.82, 2.24) is 20.5 Å². The van der Waals surface area contributed by atoms with Crippen molar-refractivity contribution >= 4 is 17.5 Å². The lowest BCUT2D eigenvalue weighted by atomic mass is 10.1. The third-order valence-electron chi connectivity index (χ3n) is 4.95. The Bertz CT molecular complexity index is 922. The number of carbonyl (C=O) groups is 1. The lowest BCUT2D eigenvalue weighted by molar-refractivity contribution is 0.246. The van der Waals surface area contributed by atoms with Crippen molar-refractivity contribution in [2.45, 2.75) is 25.8 Å². The fraction of sp³-hybridized carbons (Fsp3) is 0.286. The second-order valence-electron chi connectivity index (χ2n) is 7.13. The van der Waals surface area contributed by atoms with Gasteiger partial charge in [0.1, 0.15) is 0 Å². The molecule has 1 fully saturated rings. The zero-order valence-corrected chi connectivity index (χ0v) is 15.9. The van der Waals surface area contributed by atoms with Gasteiger partial charge in [-0.15, -0.1) is 0 Å². The maximum Gasteiger partial charge on any atom is 0.319 e. The molecule has 3 N–H and O–H groups in total. The molecule has 2 aromatic heterocycles. The molecule has 3 aromatic rings. The van der Waals surface area contributed by atoms with Gasteiger partial charge in [-0.05, 0) is 44.0 Å². The van der Waals surface area contributed by atoms with Crippen LogP contribution < -0.4 is 15.5 Å². The lowest BCUT2D eigenvalue weighted by Crippen LogP contribution is -2.49. The molecule has 28 heavy (non-hydrogen) atoms. The Hall–Kier alpha value is -3.35. The van der Waals surface area contributed by atoms with Crippen molar-refractivity contribution in [2.24, 2.45) is 0 Å². The molecule has 7 nitrogen and oxygen atoms in total. The third kappa shape index (κ3) is 4.31. The topological polar surface area (TPSA) is 85.9 Å². The quantitative estimate of drug-likeness (QED) is 0.650. The van der Waals surface area contributed by atoms with Crippen molar-refractivity contribution < 1.29 is 4.79 Å². The number of benzene rings is 1. The number of rotatable bonds is 4. The highest BCUT2D eigenvalue weighted by Gasteiger charge is 2.23. The van der Waals surface area contributed by atoms with Crippen LogP contribution in [0.4, 0.5) is 16.3 Å². The SMILES string of the molecule is Cc1ccc(NC(=O)N[C@H]2CCCN(c3cc(-c4ccncc4)[nH]n3)C2)cc1. The lowest BCUT2D eigenvalue weighted by Gasteiger charge is -2.33. The molecule has 144 valence electrons. The first-order valence-corrected chi connectivity index (χ1v) is 9.52. The molecule has 0 bridgehead atoms. The van der Waals surface area contributed by atoms with Crippen LogP contribution >= 0.6 is 0 Å².